The highest BCUT2D eigenvalue weighted by atomic mass is 35.5. The molecule has 0 aliphatic carbocycles. The number of oxazole rings is 1. The summed E-state index contributed by atoms with van der Waals surface area (Å²) in [4.78, 5) is 22.3. The standard InChI is InChI=1S/C21H19ClN6O2/c1-12(29)26(2)9-15-10-30-21(24-15)20-18-6-13-8-27(3)25-19(13)16-7-14(22)4-5-17(16)28(18)11-23-20/h4-5,7-8,10-11H,6,9H2,1-3H3. The Bertz CT molecular complexity index is 1280. The molecular weight excluding hydrogens is 404 g/mol. The molecule has 0 fully saturated rings. The van der Waals surface area contributed by atoms with Gasteiger partial charge in [0.15, 0.2) is 0 Å². The molecule has 0 saturated carbocycles. The molecule has 0 unspecified atom stereocenters. The Labute approximate surface area is 177 Å². The topological polar surface area (TPSA) is 82.0 Å². The van der Waals surface area contributed by atoms with Crippen LogP contribution in [0.25, 0.3) is 28.5 Å². The van der Waals surface area contributed by atoms with E-state index in [9.17, 15) is 4.79 Å². The normalized spacial score (nSPS) is 12.1. The number of carbonyl (C=O) groups is 1. The third kappa shape index (κ3) is 3.00. The number of fused-ring (bicyclic) bond motifs is 5. The van der Waals surface area contributed by atoms with Gasteiger partial charge in [-0.3, -0.25) is 9.48 Å². The van der Waals surface area contributed by atoms with Crippen molar-refractivity contribution in [2.45, 2.75) is 19.9 Å². The third-order valence-corrected chi connectivity index (χ3v) is 5.53. The summed E-state index contributed by atoms with van der Waals surface area (Å²) in [6, 6.07) is 5.76. The first-order chi connectivity index (χ1) is 14.4. The Morgan fingerprint density at radius 3 is 2.97 bits per heavy atom. The van der Waals surface area contributed by atoms with Crippen molar-refractivity contribution >= 4 is 17.5 Å². The summed E-state index contributed by atoms with van der Waals surface area (Å²) in [5, 5.41) is 5.31. The molecule has 8 nitrogen and oxygen atoms in total. The molecule has 0 radical (unpaired) electrons. The van der Waals surface area contributed by atoms with E-state index in [2.05, 4.69) is 15.1 Å². The fourth-order valence-corrected chi connectivity index (χ4v) is 3.93. The van der Waals surface area contributed by atoms with E-state index in [1.807, 2.05) is 40.7 Å². The highest BCUT2D eigenvalue weighted by molar-refractivity contribution is 6.31. The molecule has 1 aliphatic rings. The van der Waals surface area contributed by atoms with E-state index < -0.39 is 0 Å². The molecule has 5 rings (SSSR count). The van der Waals surface area contributed by atoms with Crippen LogP contribution in [0.3, 0.4) is 0 Å². The Balaban J connectivity index is 1.62. The van der Waals surface area contributed by atoms with Gasteiger partial charge in [0.2, 0.25) is 11.8 Å². The molecular formula is C21H19ClN6O2. The molecule has 0 bridgehead atoms. The second-order valence-corrected chi connectivity index (χ2v) is 7.88. The van der Waals surface area contributed by atoms with Gasteiger partial charge >= 0.3 is 0 Å². The number of nitrogens with zero attached hydrogens (tertiary/aromatic N) is 6. The fraction of sp³-hybridized carbons (Fsp3) is 0.238. The van der Waals surface area contributed by atoms with Crippen LogP contribution >= 0.6 is 11.6 Å². The number of benzene rings is 1. The van der Waals surface area contributed by atoms with Gasteiger partial charge < -0.3 is 13.9 Å². The molecule has 0 saturated heterocycles. The highest BCUT2D eigenvalue weighted by Gasteiger charge is 2.27. The van der Waals surface area contributed by atoms with E-state index in [1.54, 1.807) is 24.5 Å². The van der Waals surface area contributed by atoms with E-state index >= 15 is 0 Å². The van der Waals surface area contributed by atoms with Crippen molar-refractivity contribution in [1.29, 1.82) is 0 Å². The zero-order valence-electron chi connectivity index (χ0n) is 16.8. The molecule has 4 heterocycles. The lowest BCUT2D eigenvalue weighted by Gasteiger charge is -2.11. The van der Waals surface area contributed by atoms with Gasteiger partial charge in [-0.2, -0.15) is 5.10 Å². The van der Waals surface area contributed by atoms with Gasteiger partial charge in [-0.1, -0.05) is 11.6 Å². The van der Waals surface area contributed by atoms with E-state index in [4.69, 9.17) is 16.0 Å². The maximum atomic E-state index is 11.5. The minimum atomic E-state index is -0.0326. The number of hydrogen-bond donors (Lipinski definition) is 0. The quantitative estimate of drug-likeness (QED) is 0.444. The molecule has 9 heteroatoms. The Kier molecular flexibility index (Phi) is 4.25. The third-order valence-electron chi connectivity index (χ3n) is 5.29. The summed E-state index contributed by atoms with van der Waals surface area (Å²) in [6.45, 7) is 1.90. The van der Waals surface area contributed by atoms with E-state index in [0.717, 1.165) is 28.2 Å². The predicted octanol–water partition coefficient (Wildman–Crippen LogP) is 3.46. The average molecular weight is 423 g/mol. The monoisotopic (exact) mass is 422 g/mol. The molecule has 3 aromatic heterocycles. The SMILES string of the molecule is CC(=O)N(C)Cc1coc(-c2ncn3c2Cc2cn(C)nc2-c2cc(Cl)ccc2-3)n1. The second-order valence-electron chi connectivity index (χ2n) is 7.44. The fourth-order valence-electron chi connectivity index (χ4n) is 3.75. The maximum Gasteiger partial charge on any atom is 0.247 e. The number of halogens is 1. The van der Waals surface area contributed by atoms with Crippen LogP contribution in [0.15, 0.2) is 41.4 Å². The summed E-state index contributed by atoms with van der Waals surface area (Å²) < 4.78 is 9.57. The van der Waals surface area contributed by atoms with Crippen molar-refractivity contribution in [3.8, 4) is 28.5 Å². The van der Waals surface area contributed by atoms with Crippen molar-refractivity contribution in [3.05, 3.63) is 59.0 Å². The first kappa shape index (κ1) is 18.6. The van der Waals surface area contributed by atoms with Crippen LogP contribution < -0.4 is 0 Å². The lowest BCUT2D eigenvalue weighted by Crippen LogP contribution is -2.23. The van der Waals surface area contributed by atoms with E-state index in [0.29, 0.717) is 35.3 Å². The van der Waals surface area contributed by atoms with Crippen LogP contribution in [0.5, 0.6) is 0 Å². The Hall–Kier alpha value is -3.39. The second kappa shape index (κ2) is 6.84. The highest BCUT2D eigenvalue weighted by Crippen LogP contribution is 2.38. The van der Waals surface area contributed by atoms with Crippen molar-refractivity contribution in [3.63, 3.8) is 0 Å². The zero-order chi connectivity index (χ0) is 21.0. The number of rotatable bonds is 3. The lowest BCUT2D eigenvalue weighted by molar-refractivity contribution is -0.128. The summed E-state index contributed by atoms with van der Waals surface area (Å²) >= 11 is 6.29. The van der Waals surface area contributed by atoms with Crippen LogP contribution in [0.1, 0.15) is 23.9 Å². The number of hydrogen-bond acceptors (Lipinski definition) is 5. The summed E-state index contributed by atoms with van der Waals surface area (Å²) in [5.74, 6) is 0.397. The van der Waals surface area contributed by atoms with Gasteiger partial charge in [0.1, 0.15) is 18.3 Å². The summed E-state index contributed by atoms with van der Waals surface area (Å²) in [6.07, 6.45) is 5.97. The van der Waals surface area contributed by atoms with Crippen LogP contribution in [0.4, 0.5) is 0 Å². The van der Waals surface area contributed by atoms with Crippen LogP contribution in [0.2, 0.25) is 5.02 Å². The lowest BCUT2D eigenvalue weighted by atomic mass is 10.0. The average Bonchev–Trinajstić information content (AvgIpc) is 3.39. The van der Waals surface area contributed by atoms with Crippen molar-refractivity contribution < 1.29 is 9.21 Å². The number of carbonyl (C=O) groups excluding carboxylic acids is 1. The van der Waals surface area contributed by atoms with Gasteiger partial charge in [-0.05, 0) is 18.2 Å². The number of imidazole rings is 1. The van der Waals surface area contributed by atoms with E-state index in [1.165, 1.54) is 6.92 Å². The smallest absolute Gasteiger partial charge is 0.247 e. The molecule has 1 aromatic carbocycles. The molecule has 1 amide bonds. The van der Waals surface area contributed by atoms with Gasteiger partial charge in [0.05, 0.1) is 29.3 Å². The minimum Gasteiger partial charge on any atom is -0.443 e. The largest absolute Gasteiger partial charge is 0.443 e. The molecule has 4 aromatic rings. The first-order valence-electron chi connectivity index (χ1n) is 9.46. The molecule has 0 N–H and O–H groups in total. The zero-order valence-corrected chi connectivity index (χ0v) is 17.5. The van der Waals surface area contributed by atoms with Crippen molar-refractivity contribution in [2.75, 3.05) is 7.05 Å². The number of aryl methyl sites for hydroxylation is 1. The first-order valence-corrected chi connectivity index (χ1v) is 9.84. The molecule has 30 heavy (non-hydrogen) atoms. The summed E-state index contributed by atoms with van der Waals surface area (Å²) in [7, 11) is 3.63. The maximum absolute atomic E-state index is 11.5. The number of amides is 1. The minimum absolute atomic E-state index is 0.0326. The van der Waals surface area contributed by atoms with Crippen molar-refractivity contribution in [1.82, 2.24) is 29.2 Å². The van der Waals surface area contributed by atoms with E-state index in [-0.39, 0.29) is 5.91 Å². The van der Waals surface area contributed by atoms with Gasteiger partial charge in [-0.25, -0.2) is 9.97 Å². The van der Waals surface area contributed by atoms with Gasteiger partial charge in [0, 0.05) is 49.8 Å². The summed E-state index contributed by atoms with van der Waals surface area (Å²) in [5.41, 5.74) is 6.19. The molecule has 0 spiro atoms. The van der Waals surface area contributed by atoms with Crippen LogP contribution in [-0.2, 0) is 24.8 Å². The molecule has 152 valence electrons. The predicted molar refractivity (Wildman–Crippen MR) is 111 cm³/mol. The Morgan fingerprint density at radius 2 is 2.17 bits per heavy atom. The van der Waals surface area contributed by atoms with Gasteiger partial charge in [0.25, 0.3) is 0 Å². The van der Waals surface area contributed by atoms with Crippen LogP contribution in [-0.4, -0.2) is 42.2 Å². The Morgan fingerprint density at radius 1 is 1.33 bits per heavy atom. The van der Waals surface area contributed by atoms with Crippen molar-refractivity contribution in [2.24, 2.45) is 7.05 Å². The molecule has 0 atom stereocenters. The van der Waals surface area contributed by atoms with Gasteiger partial charge in [-0.15, -0.1) is 0 Å². The van der Waals surface area contributed by atoms with Crippen LogP contribution in [0, 0.1) is 0 Å². The number of aromatic nitrogens is 5. The molecule has 1 aliphatic heterocycles.